The van der Waals surface area contributed by atoms with E-state index in [2.05, 4.69) is 15.6 Å². The molecule has 0 bridgehead atoms. The number of hydrogen-bond acceptors (Lipinski definition) is 5. The number of carbonyl (C=O) groups is 3. The molecule has 8 heteroatoms. The number of nitrogens with one attached hydrogen (secondary N) is 2. The Bertz CT molecular complexity index is 876. The summed E-state index contributed by atoms with van der Waals surface area (Å²) in [6, 6.07) is 12.6. The van der Waals surface area contributed by atoms with Crippen molar-refractivity contribution in [2.75, 3.05) is 13.2 Å². The molecule has 0 radical (unpaired) electrons. The van der Waals surface area contributed by atoms with Gasteiger partial charge in [-0.1, -0.05) is 49.7 Å². The van der Waals surface area contributed by atoms with Crippen LogP contribution in [0.3, 0.4) is 0 Å². The van der Waals surface area contributed by atoms with Crippen LogP contribution in [0.15, 0.2) is 54.7 Å². The van der Waals surface area contributed by atoms with Crippen molar-refractivity contribution in [3.63, 3.8) is 0 Å². The number of ether oxygens (including phenoxy) is 1. The lowest BCUT2D eigenvalue weighted by molar-refractivity contribution is -0.156. The number of unbranched alkanes of at least 4 members (excludes halogenated alkanes) is 1. The van der Waals surface area contributed by atoms with E-state index in [1.54, 1.807) is 24.4 Å². The third kappa shape index (κ3) is 6.11. The molecule has 0 spiro atoms. The molecule has 1 unspecified atom stereocenters. The van der Waals surface area contributed by atoms with Crippen LogP contribution in [-0.4, -0.2) is 52.9 Å². The Morgan fingerprint density at radius 2 is 1.94 bits per heavy atom. The Morgan fingerprint density at radius 3 is 2.65 bits per heavy atom. The van der Waals surface area contributed by atoms with E-state index >= 15 is 0 Å². The first-order valence-electron chi connectivity index (χ1n) is 10.5. The molecule has 164 valence electrons. The zero-order chi connectivity index (χ0) is 22.1. The van der Waals surface area contributed by atoms with E-state index < -0.39 is 23.9 Å². The van der Waals surface area contributed by atoms with Gasteiger partial charge in [-0.05, 0) is 24.1 Å². The maximum Gasteiger partial charge on any atom is 0.253 e. The molecule has 1 aliphatic heterocycles. The Labute approximate surface area is 182 Å². The summed E-state index contributed by atoms with van der Waals surface area (Å²) in [6.07, 6.45) is 3.46. The van der Waals surface area contributed by atoms with Gasteiger partial charge in [-0.2, -0.15) is 0 Å². The third-order valence-electron chi connectivity index (χ3n) is 5.00. The van der Waals surface area contributed by atoms with Gasteiger partial charge in [-0.3, -0.25) is 19.4 Å². The van der Waals surface area contributed by atoms with Crippen molar-refractivity contribution in [3.05, 3.63) is 66.0 Å². The number of benzene rings is 1. The highest BCUT2D eigenvalue weighted by atomic mass is 16.5. The summed E-state index contributed by atoms with van der Waals surface area (Å²) in [7, 11) is 0. The summed E-state index contributed by atoms with van der Waals surface area (Å²) >= 11 is 0. The molecular formula is C23H28N4O4. The van der Waals surface area contributed by atoms with E-state index in [1.165, 1.54) is 4.90 Å². The quantitative estimate of drug-likeness (QED) is 0.444. The molecule has 1 saturated heterocycles. The number of amides is 3. The molecule has 1 fully saturated rings. The summed E-state index contributed by atoms with van der Waals surface area (Å²) in [5, 5.41) is 5.42. The Hall–Kier alpha value is -3.26. The normalized spacial score (nSPS) is 18.5. The second kappa shape index (κ2) is 11.2. The summed E-state index contributed by atoms with van der Waals surface area (Å²) in [5.41, 5.74) is 1.49. The fourth-order valence-electron chi connectivity index (χ4n) is 3.32. The number of rotatable bonds is 10. The van der Waals surface area contributed by atoms with Crippen LogP contribution in [0.2, 0.25) is 0 Å². The Balaban J connectivity index is 1.74. The fraction of sp³-hybridized carbons (Fsp3) is 0.391. The molecule has 3 rings (SSSR count). The molecule has 2 aromatic rings. The van der Waals surface area contributed by atoms with Crippen molar-refractivity contribution in [3.8, 4) is 0 Å². The Morgan fingerprint density at radius 1 is 1.16 bits per heavy atom. The van der Waals surface area contributed by atoms with Gasteiger partial charge in [0.15, 0.2) is 6.04 Å². The number of pyridine rings is 1. The topological polar surface area (TPSA) is 101 Å². The number of hydrogen-bond donors (Lipinski definition) is 2. The SMILES string of the molecule is CCCCOC[C@@H]1NC(=O)C(C(=O)NCc2ccccc2)N(Cc2ccccn2)C1=O. The predicted octanol–water partition coefficient (Wildman–Crippen LogP) is 1.41. The monoisotopic (exact) mass is 424 g/mol. The van der Waals surface area contributed by atoms with Crippen molar-refractivity contribution >= 4 is 17.7 Å². The molecule has 1 aromatic carbocycles. The third-order valence-corrected chi connectivity index (χ3v) is 5.00. The van der Waals surface area contributed by atoms with Gasteiger partial charge in [0, 0.05) is 19.3 Å². The maximum absolute atomic E-state index is 13.2. The van der Waals surface area contributed by atoms with Crippen LogP contribution < -0.4 is 10.6 Å². The van der Waals surface area contributed by atoms with Gasteiger partial charge in [0.2, 0.25) is 5.91 Å². The summed E-state index contributed by atoms with van der Waals surface area (Å²) in [5.74, 6) is -1.41. The van der Waals surface area contributed by atoms with Crippen molar-refractivity contribution < 1.29 is 19.1 Å². The van der Waals surface area contributed by atoms with E-state index in [9.17, 15) is 14.4 Å². The van der Waals surface area contributed by atoms with Crippen molar-refractivity contribution in [2.45, 2.75) is 44.9 Å². The first-order valence-corrected chi connectivity index (χ1v) is 10.5. The predicted molar refractivity (Wildman–Crippen MR) is 115 cm³/mol. The van der Waals surface area contributed by atoms with E-state index in [-0.39, 0.29) is 25.6 Å². The van der Waals surface area contributed by atoms with Gasteiger partial charge in [-0.25, -0.2) is 0 Å². The number of carbonyl (C=O) groups excluding carboxylic acids is 3. The van der Waals surface area contributed by atoms with Gasteiger partial charge in [0.25, 0.3) is 11.8 Å². The first-order chi connectivity index (χ1) is 15.1. The zero-order valence-corrected chi connectivity index (χ0v) is 17.6. The van der Waals surface area contributed by atoms with Crippen LogP contribution in [0, 0.1) is 0 Å². The molecule has 0 aliphatic carbocycles. The molecule has 1 aromatic heterocycles. The lowest BCUT2D eigenvalue weighted by atomic mass is 10.1. The minimum atomic E-state index is -1.27. The van der Waals surface area contributed by atoms with Gasteiger partial charge < -0.3 is 20.3 Å². The maximum atomic E-state index is 13.2. The molecular weight excluding hydrogens is 396 g/mol. The number of nitrogens with zero attached hydrogens (tertiary/aromatic N) is 2. The van der Waals surface area contributed by atoms with E-state index in [0.717, 1.165) is 18.4 Å². The van der Waals surface area contributed by atoms with Crippen LogP contribution in [0.25, 0.3) is 0 Å². The minimum Gasteiger partial charge on any atom is -0.379 e. The molecule has 8 nitrogen and oxygen atoms in total. The molecule has 1 aliphatic rings. The zero-order valence-electron chi connectivity index (χ0n) is 17.6. The highest BCUT2D eigenvalue weighted by Crippen LogP contribution is 2.15. The number of aromatic nitrogens is 1. The molecule has 2 atom stereocenters. The largest absolute Gasteiger partial charge is 0.379 e. The van der Waals surface area contributed by atoms with Gasteiger partial charge in [0.1, 0.15) is 6.04 Å². The van der Waals surface area contributed by atoms with Crippen LogP contribution >= 0.6 is 0 Å². The number of piperazine rings is 1. The van der Waals surface area contributed by atoms with E-state index in [4.69, 9.17) is 4.74 Å². The minimum absolute atomic E-state index is 0.0575. The molecule has 3 amide bonds. The Kier molecular flexibility index (Phi) is 8.12. The molecule has 2 heterocycles. The van der Waals surface area contributed by atoms with Crippen molar-refractivity contribution in [1.82, 2.24) is 20.5 Å². The van der Waals surface area contributed by atoms with Crippen molar-refractivity contribution in [1.29, 1.82) is 0 Å². The van der Waals surface area contributed by atoms with Crippen LogP contribution in [-0.2, 0) is 32.2 Å². The lowest BCUT2D eigenvalue weighted by Gasteiger charge is -2.37. The average molecular weight is 425 g/mol. The molecule has 2 N–H and O–H groups in total. The van der Waals surface area contributed by atoms with Crippen molar-refractivity contribution in [2.24, 2.45) is 0 Å². The highest BCUT2D eigenvalue weighted by Gasteiger charge is 2.44. The van der Waals surface area contributed by atoms with E-state index in [0.29, 0.717) is 12.3 Å². The van der Waals surface area contributed by atoms with Gasteiger partial charge in [-0.15, -0.1) is 0 Å². The smallest absolute Gasteiger partial charge is 0.253 e. The molecule has 31 heavy (non-hydrogen) atoms. The summed E-state index contributed by atoms with van der Waals surface area (Å²) in [6.45, 7) is 2.95. The van der Waals surface area contributed by atoms with Crippen LogP contribution in [0.1, 0.15) is 31.0 Å². The second-order valence-corrected chi connectivity index (χ2v) is 7.38. The van der Waals surface area contributed by atoms with Crippen LogP contribution in [0.4, 0.5) is 0 Å². The summed E-state index contributed by atoms with van der Waals surface area (Å²) in [4.78, 5) is 44.4. The average Bonchev–Trinajstić information content (AvgIpc) is 2.79. The van der Waals surface area contributed by atoms with Crippen LogP contribution in [0.5, 0.6) is 0 Å². The second-order valence-electron chi connectivity index (χ2n) is 7.38. The standard InChI is InChI=1S/C23H28N4O4/c1-2-3-13-31-16-19-23(30)27(15-18-11-7-8-12-24-18)20(22(29)26-19)21(28)25-14-17-9-5-4-6-10-17/h4-12,19-20H,2-3,13-16H2,1H3,(H,25,28)(H,26,29)/t19-,20?/m0/s1. The van der Waals surface area contributed by atoms with E-state index in [1.807, 2.05) is 37.3 Å². The summed E-state index contributed by atoms with van der Waals surface area (Å²) < 4.78 is 5.55. The lowest BCUT2D eigenvalue weighted by Crippen LogP contribution is -2.67. The van der Waals surface area contributed by atoms with Gasteiger partial charge >= 0.3 is 0 Å². The first kappa shape index (κ1) is 22.4. The highest BCUT2D eigenvalue weighted by molar-refractivity contribution is 6.10. The fourth-order valence-corrected chi connectivity index (χ4v) is 3.32. The molecule has 0 saturated carbocycles. The van der Waals surface area contributed by atoms with Gasteiger partial charge in [0.05, 0.1) is 18.8 Å².